The van der Waals surface area contributed by atoms with Crippen molar-refractivity contribution in [2.24, 2.45) is 5.92 Å². The van der Waals surface area contributed by atoms with Crippen molar-refractivity contribution >= 4 is 31.6 Å². The van der Waals surface area contributed by atoms with Crippen LogP contribution in [-0.2, 0) is 10.0 Å². The normalized spacial score (nSPS) is 23.6. The van der Waals surface area contributed by atoms with E-state index in [1.807, 2.05) is 0 Å². The van der Waals surface area contributed by atoms with Crippen molar-refractivity contribution in [3.8, 4) is 0 Å². The van der Waals surface area contributed by atoms with E-state index in [2.05, 4.69) is 25.6 Å². The molecule has 3 rings (SSSR count). The molecule has 0 amide bonds. The number of nitrogen functional groups attached to an aromatic ring is 1. The summed E-state index contributed by atoms with van der Waals surface area (Å²) in [6.07, 6.45) is 3.68. The van der Waals surface area contributed by atoms with Crippen LogP contribution in [0.15, 0.2) is 27.6 Å². The van der Waals surface area contributed by atoms with Gasteiger partial charge in [0.1, 0.15) is 0 Å². The lowest BCUT2D eigenvalue weighted by Gasteiger charge is -2.15. The Kier molecular flexibility index (Phi) is 4.27. The Labute approximate surface area is 134 Å². The van der Waals surface area contributed by atoms with Crippen LogP contribution >= 0.6 is 15.9 Å². The SMILES string of the molecule is Nc1cc(S(=O)(=O)NCC2CCN(C3CC3)C2)ccc1Br. The van der Waals surface area contributed by atoms with Crippen LogP contribution in [0.5, 0.6) is 0 Å². The van der Waals surface area contributed by atoms with Gasteiger partial charge < -0.3 is 10.6 Å². The Morgan fingerprint density at radius 1 is 1.33 bits per heavy atom. The second kappa shape index (κ2) is 5.87. The number of hydrogen-bond donors (Lipinski definition) is 2. The molecule has 2 fully saturated rings. The van der Waals surface area contributed by atoms with Gasteiger partial charge in [-0.3, -0.25) is 0 Å². The van der Waals surface area contributed by atoms with E-state index in [0.717, 1.165) is 25.6 Å². The molecule has 1 atom stereocenters. The minimum Gasteiger partial charge on any atom is -0.398 e. The van der Waals surface area contributed by atoms with Gasteiger partial charge in [0.25, 0.3) is 0 Å². The second-order valence-corrected chi connectivity index (χ2v) is 8.54. The number of nitrogens with zero attached hydrogens (tertiary/aromatic N) is 1. The molecular formula is C14H20BrN3O2S. The van der Waals surface area contributed by atoms with Gasteiger partial charge in [-0.2, -0.15) is 0 Å². The van der Waals surface area contributed by atoms with Crippen LogP contribution in [0.25, 0.3) is 0 Å². The lowest BCUT2D eigenvalue weighted by Crippen LogP contribution is -2.31. The molecule has 21 heavy (non-hydrogen) atoms. The molecule has 0 aromatic heterocycles. The highest BCUT2D eigenvalue weighted by Gasteiger charge is 2.34. The zero-order chi connectivity index (χ0) is 15.0. The number of benzene rings is 1. The molecular weight excluding hydrogens is 354 g/mol. The molecule has 116 valence electrons. The highest BCUT2D eigenvalue weighted by molar-refractivity contribution is 9.10. The quantitative estimate of drug-likeness (QED) is 0.771. The number of anilines is 1. The largest absolute Gasteiger partial charge is 0.398 e. The summed E-state index contributed by atoms with van der Waals surface area (Å²) < 4.78 is 28.0. The highest BCUT2D eigenvalue weighted by atomic mass is 79.9. The average Bonchev–Trinajstić information content (AvgIpc) is 3.19. The van der Waals surface area contributed by atoms with E-state index < -0.39 is 10.0 Å². The second-order valence-electron chi connectivity index (χ2n) is 5.92. The summed E-state index contributed by atoms with van der Waals surface area (Å²) in [5, 5.41) is 0. The minimum absolute atomic E-state index is 0.222. The first-order valence-corrected chi connectivity index (χ1v) is 9.52. The predicted octanol–water partition coefficient (Wildman–Crippen LogP) is 1.79. The Balaban J connectivity index is 1.59. The maximum Gasteiger partial charge on any atom is 0.240 e. The van der Waals surface area contributed by atoms with E-state index in [-0.39, 0.29) is 4.90 Å². The monoisotopic (exact) mass is 373 g/mol. The van der Waals surface area contributed by atoms with Gasteiger partial charge >= 0.3 is 0 Å². The van der Waals surface area contributed by atoms with Crippen LogP contribution in [0.1, 0.15) is 19.3 Å². The fourth-order valence-corrected chi connectivity index (χ4v) is 4.20. The number of nitrogens with two attached hydrogens (primary N) is 1. The zero-order valence-electron chi connectivity index (χ0n) is 11.8. The van der Waals surface area contributed by atoms with E-state index in [1.54, 1.807) is 12.1 Å². The molecule has 0 bridgehead atoms. The molecule has 1 aromatic carbocycles. The lowest BCUT2D eigenvalue weighted by molar-refractivity contribution is 0.314. The van der Waals surface area contributed by atoms with Crippen LogP contribution < -0.4 is 10.5 Å². The van der Waals surface area contributed by atoms with Crippen LogP contribution in [-0.4, -0.2) is 39.0 Å². The van der Waals surface area contributed by atoms with Gasteiger partial charge in [0.05, 0.1) is 4.90 Å². The number of rotatable bonds is 5. The van der Waals surface area contributed by atoms with E-state index in [1.165, 1.54) is 18.9 Å². The molecule has 0 radical (unpaired) electrons. The molecule has 2 aliphatic rings. The molecule has 3 N–H and O–H groups in total. The van der Waals surface area contributed by atoms with Gasteiger partial charge in [-0.25, -0.2) is 13.1 Å². The maximum absolute atomic E-state index is 12.3. The van der Waals surface area contributed by atoms with E-state index >= 15 is 0 Å². The number of sulfonamides is 1. The number of halogens is 1. The average molecular weight is 374 g/mol. The fraction of sp³-hybridized carbons (Fsp3) is 0.571. The Morgan fingerprint density at radius 2 is 2.10 bits per heavy atom. The van der Waals surface area contributed by atoms with Crippen molar-refractivity contribution in [2.45, 2.75) is 30.2 Å². The van der Waals surface area contributed by atoms with Crippen molar-refractivity contribution in [2.75, 3.05) is 25.4 Å². The Bertz CT molecular complexity index is 631. The first-order chi connectivity index (χ1) is 9.95. The summed E-state index contributed by atoms with van der Waals surface area (Å²) in [5.41, 5.74) is 6.18. The molecule has 1 saturated heterocycles. The molecule has 1 aromatic rings. The molecule has 7 heteroatoms. The van der Waals surface area contributed by atoms with Crippen molar-refractivity contribution in [1.29, 1.82) is 0 Å². The Morgan fingerprint density at radius 3 is 2.76 bits per heavy atom. The van der Waals surface area contributed by atoms with Crippen LogP contribution in [0.2, 0.25) is 0 Å². The number of hydrogen-bond acceptors (Lipinski definition) is 4. The maximum atomic E-state index is 12.3. The zero-order valence-corrected chi connectivity index (χ0v) is 14.2. The lowest BCUT2D eigenvalue weighted by atomic mass is 10.1. The standard InChI is InChI=1S/C14H20BrN3O2S/c15-13-4-3-12(7-14(13)16)21(19,20)17-8-10-5-6-18(9-10)11-1-2-11/h3-4,7,10-11,17H,1-2,5-6,8-9,16H2. The third-order valence-electron chi connectivity index (χ3n) is 4.22. The highest BCUT2D eigenvalue weighted by Crippen LogP contribution is 2.31. The van der Waals surface area contributed by atoms with E-state index in [9.17, 15) is 8.42 Å². The van der Waals surface area contributed by atoms with Crippen molar-refractivity contribution in [3.05, 3.63) is 22.7 Å². The molecule has 5 nitrogen and oxygen atoms in total. The summed E-state index contributed by atoms with van der Waals surface area (Å²) in [4.78, 5) is 2.71. The van der Waals surface area contributed by atoms with Gasteiger partial charge in [-0.1, -0.05) is 0 Å². The van der Waals surface area contributed by atoms with Gasteiger partial charge in [-0.15, -0.1) is 0 Å². The first-order valence-electron chi connectivity index (χ1n) is 7.24. The molecule has 1 heterocycles. The van der Waals surface area contributed by atoms with Crippen LogP contribution in [0.3, 0.4) is 0 Å². The third kappa shape index (κ3) is 3.59. The summed E-state index contributed by atoms with van der Waals surface area (Å²) >= 11 is 3.27. The number of likely N-dealkylation sites (tertiary alicyclic amines) is 1. The van der Waals surface area contributed by atoms with Gasteiger partial charge in [0, 0.05) is 29.3 Å². The summed E-state index contributed by atoms with van der Waals surface area (Å²) in [5.74, 6) is 0.410. The van der Waals surface area contributed by atoms with Gasteiger partial charge in [-0.05, 0) is 65.9 Å². The molecule has 0 spiro atoms. The Hall–Kier alpha value is -0.630. The smallest absolute Gasteiger partial charge is 0.240 e. The minimum atomic E-state index is -3.48. The van der Waals surface area contributed by atoms with E-state index in [4.69, 9.17) is 5.73 Å². The molecule has 1 aliphatic carbocycles. The number of nitrogens with one attached hydrogen (secondary N) is 1. The van der Waals surface area contributed by atoms with Crippen LogP contribution in [0, 0.1) is 5.92 Å². The molecule has 1 saturated carbocycles. The molecule has 1 unspecified atom stereocenters. The third-order valence-corrected chi connectivity index (χ3v) is 6.36. The van der Waals surface area contributed by atoms with Gasteiger partial charge in [0.15, 0.2) is 0 Å². The topological polar surface area (TPSA) is 75.4 Å². The predicted molar refractivity (Wildman–Crippen MR) is 86.4 cm³/mol. The van der Waals surface area contributed by atoms with Crippen molar-refractivity contribution in [3.63, 3.8) is 0 Å². The van der Waals surface area contributed by atoms with Gasteiger partial charge in [0.2, 0.25) is 10.0 Å². The summed E-state index contributed by atoms with van der Waals surface area (Å²) in [6.45, 7) is 2.61. The summed E-state index contributed by atoms with van der Waals surface area (Å²) in [7, 11) is -3.48. The van der Waals surface area contributed by atoms with Crippen LogP contribution in [0.4, 0.5) is 5.69 Å². The van der Waals surface area contributed by atoms with Crippen molar-refractivity contribution < 1.29 is 8.42 Å². The summed E-state index contributed by atoms with van der Waals surface area (Å²) in [6, 6.07) is 5.47. The molecule has 1 aliphatic heterocycles. The van der Waals surface area contributed by atoms with E-state index in [0.29, 0.717) is 22.6 Å². The fourth-order valence-electron chi connectivity index (χ4n) is 2.80. The van der Waals surface area contributed by atoms with Crippen molar-refractivity contribution in [1.82, 2.24) is 9.62 Å². The first kappa shape index (κ1) is 15.3.